The van der Waals surface area contributed by atoms with Crippen LogP contribution in [0.1, 0.15) is 30.7 Å². The van der Waals surface area contributed by atoms with Gasteiger partial charge in [0, 0.05) is 36.6 Å². The van der Waals surface area contributed by atoms with E-state index in [-0.39, 0.29) is 37.4 Å². The van der Waals surface area contributed by atoms with E-state index in [9.17, 15) is 14.4 Å². The summed E-state index contributed by atoms with van der Waals surface area (Å²) in [5, 5.41) is 3.72. The highest BCUT2D eigenvalue weighted by molar-refractivity contribution is 6.35. The maximum atomic E-state index is 13.4. The van der Waals surface area contributed by atoms with Gasteiger partial charge in [0.05, 0.1) is 36.7 Å². The molecule has 10 heteroatoms. The minimum atomic E-state index is -0.685. The molecule has 0 saturated carbocycles. The Labute approximate surface area is 201 Å². The van der Waals surface area contributed by atoms with E-state index in [2.05, 4.69) is 5.32 Å². The highest BCUT2D eigenvalue weighted by Crippen LogP contribution is 2.39. The summed E-state index contributed by atoms with van der Waals surface area (Å²) in [6, 6.07) is 7.56. The molecule has 1 aromatic heterocycles. The Morgan fingerprint density at radius 1 is 1.27 bits per heavy atom. The van der Waals surface area contributed by atoms with Gasteiger partial charge in [-0.1, -0.05) is 29.3 Å². The van der Waals surface area contributed by atoms with E-state index < -0.39 is 6.04 Å². The normalized spacial score (nSPS) is 18.0. The number of hydrogen-bond donors (Lipinski definition) is 1. The SMILES string of the molecule is CCN1C(=O)NC(c2ccc(Cl)cc2Cl)C2=C1CN(CCC(=O)N(C)Cc1ccco1)C2=O. The molecule has 174 valence electrons. The van der Waals surface area contributed by atoms with Crippen LogP contribution in [0, 0.1) is 0 Å². The molecule has 1 atom stereocenters. The Kier molecular flexibility index (Phi) is 6.67. The zero-order chi connectivity index (χ0) is 23.7. The number of benzene rings is 1. The van der Waals surface area contributed by atoms with E-state index in [1.807, 2.05) is 6.92 Å². The monoisotopic (exact) mass is 490 g/mol. The van der Waals surface area contributed by atoms with Gasteiger partial charge in [-0.25, -0.2) is 4.79 Å². The molecule has 0 bridgehead atoms. The highest BCUT2D eigenvalue weighted by Gasteiger charge is 2.44. The van der Waals surface area contributed by atoms with Gasteiger partial charge >= 0.3 is 6.03 Å². The Bertz CT molecular complexity index is 1120. The van der Waals surface area contributed by atoms with E-state index in [0.29, 0.717) is 45.7 Å². The first-order chi connectivity index (χ1) is 15.8. The summed E-state index contributed by atoms with van der Waals surface area (Å²) in [6.45, 7) is 3.11. The first kappa shape index (κ1) is 23.2. The Balaban J connectivity index is 1.51. The zero-order valence-electron chi connectivity index (χ0n) is 18.3. The lowest BCUT2D eigenvalue weighted by atomic mass is 9.95. The smallest absolute Gasteiger partial charge is 0.322 e. The zero-order valence-corrected chi connectivity index (χ0v) is 19.8. The van der Waals surface area contributed by atoms with Crippen LogP contribution in [-0.2, 0) is 16.1 Å². The summed E-state index contributed by atoms with van der Waals surface area (Å²) >= 11 is 12.4. The highest BCUT2D eigenvalue weighted by atomic mass is 35.5. The van der Waals surface area contributed by atoms with Gasteiger partial charge in [0.2, 0.25) is 5.91 Å². The van der Waals surface area contributed by atoms with Crippen LogP contribution in [0.3, 0.4) is 0 Å². The van der Waals surface area contributed by atoms with Crippen molar-refractivity contribution in [3.05, 3.63) is 69.2 Å². The quantitative estimate of drug-likeness (QED) is 0.638. The maximum absolute atomic E-state index is 13.4. The molecule has 2 aliphatic heterocycles. The molecular formula is C23H24Cl2N4O4. The van der Waals surface area contributed by atoms with Crippen LogP contribution in [0.2, 0.25) is 10.0 Å². The lowest BCUT2D eigenvalue weighted by molar-refractivity contribution is -0.132. The van der Waals surface area contributed by atoms with Crippen molar-refractivity contribution in [2.75, 3.05) is 26.7 Å². The minimum absolute atomic E-state index is 0.108. The van der Waals surface area contributed by atoms with Crippen molar-refractivity contribution in [2.24, 2.45) is 0 Å². The Morgan fingerprint density at radius 2 is 2.06 bits per heavy atom. The first-order valence-corrected chi connectivity index (χ1v) is 11.4. The second-order valence-corrected chi connectivity index (χ2v) is 8.80. The fourth-order valence-electron chi connectivity index (χ4n) is 4.18. The summed E-state index contributed by atoms with van der Waals surface area (Å²) in [7, 11) is 1.69. The second-order valence-electron chi connectivity index (χ2n) is 7.96. The Hall–Kier alpha value is -2.97. The van der Waals surface area contributed by atoms with Crippen molar-refractivity contribution >= 4 is 41.0 Å². The van der Waals surface area contributed by atoms with Crippen molar-refractivity contribution in [2.45, 2.75) is 25.9 Å². The number of nitrogens with one attached hydrogen (secondary N) is 1. The molecule has 0 fully saturated rings. The largest absolute Gasteiger partial charge is 0.467 e. The molecule has 1 N–H and O–H groups in total. The number of halogens is 2. The van der Waals surface area contributed by atoms with E-state index >= 15 is 0 Å². The van der Waals surface area contributed by atoms with Gasteiger partial charge in [0.25, 0.3) is 5.91 Å². The molecule has 1 unspecified atom stereocenters. The number of likely N-dealkylation sites (N-methyl/N-ethyl adjacent to an activating group) is 1. The van der Waals surface area contributed by atoms with E-state index in [1.54, 1.807) is 58.3 Å². The molecule has 8 nitrogen and oxygen atoms in total. The van der Waals surface area contributed by atoms with Gasteiger partial charge in [-0.05, 0) is 36.8 Å². The van der Waals surface area contributed by atoms with Crippen LogP contribution < -0.4 is 5.32 Å². The topological polar surface area (TPSA) is 86.1 Å². The molecule has 1 aromatic carbocycles. The van der Waals surface area contributed by atoms with Crippen LogP contribution >= 0.6 is 23.2 Å². The average molecular weight is 491 g/mol. The molecule has 0 saturated heterocycles. The van der Waals surface area contributed by atoms with E-state index in [4.69, 9.17) is 27.6 Å². The fraction of sp³-hybridized carbons (Fsp3) is 0.348. The van der Waals surface area contributed by atoms with Crippen molar-refractivity contribution in [3.63, 3.8) is 0 Å². The summed E-state index contributed by atoms with van der Waals surface area (Å²) in [5.74, 6) is 0.356. The average Bonchev–Trinajstić information content (AvgIpc) is 3.39. The number of carbonyl (C=O) groups is 3. The van der Waals surface area contributed by atoms with Crippen LogP contribution in [0.4, 0.5) is 4.79 Å². The molecule has 2 aromatic rings. The van der Waals surface area contributed by atoms with E-state index in [1.165, 1.54) is 0 Å². The Morgan fingerprint density at radius 3 is 2.73 bits per heavy atom. The molecule has 2 aliphatic rings. The molecule has 0 radical (unpaired) electrons. The van der Waals surface area contributed by atoms with Gasteiger partial charge in [-0.2, -0.15) is 0 Å². The molecule has 4 amide bonds. The number of rotatable bonds is 7. The third-order valence-corrected chi connectivity index (χ3v) is 6.44. The summed E-state index contributed by atoms with van der Waals surface area (Å²) in [4.78, 5) is 43.5. The molecule has 33 heavy (non-hydrogen) atoms. The van der Waals surface area contributed by atoms with Gasteiger partial charge < -0.3 is 19.5 Å². The van der Waals surface area contributed by atoms with Crippen molar-refractivity contribution in [1.29, 1.82) is 0 Å². The number of amides is 4. The van der Waals surface area contributed by atoms with Crippen molar-refractivity contribution < 1.29 is 18.8 Å². The number of urea groups is 1. The van der Waals surface area contributed by atoms with Crippen LogP contribution in [0.25, 0.3) is 0 Å². The van der Waals surface area contributed by atoms with Crippen LogP contribution in [0.5, 0.6) is 0 Å². The number of carbonyl (C=O) groups excluding carboxylic acids is 3. The minimum Gasteiger partial charge on any atom is -0.467 e. The van der Waals surface area contributed by atoms with Gasteiger partial charge in [-0.3, -0.25) is 14.5 Å². The fourth-order valence-corrected chi connectivity index (χ4v) is 4.70. The predicted octanol–water partition coefficient (Wildman–Crippen LogP) is 3.82. The molecular weight excluding hydrogens is 467 g/mol. The third-order valence-electron chi connectivity index (χ3n) is 5.88. The number of nitrogens with zero attached hydrogens (tertiary/aromatic N) is 3. The lowest BCUT2D eigenvalue weighted by Gasteiger charge is -2.33. The molecule has 3 heterocycles. The van der Waals surface area contributed by atoms with Crippen molar-refractivity contribution in [1.82, 2.24) is 20.0 Å². The van der Waals surface area contributed by atoms with Crippen molar-refractivity contribution in [3.8, 4) is 0 Å². The van der Waals surface area contributed by atoms with Gasteiger partial charge in [0.15, 0.2) is 0 Å². The molecule has 4 rings (SSSR count). The molecule has 0 spiro atoms. The third kappa shape index (κ3) is 4.58. The lowest BCUT2D eigenvalue weighted by Crippen LogP contribution is -2.47. The maximum Gasteiger partial charge on any atom is 0.322 e. The standard InChI is InChI=1S/C23H24Cl2N4O4/c1-3-29-18-13-28(9-8-19(30)27(2)12-15-5-4-10-33-15)22(31)20(18)21(26-23(29)32)16-7-6-14(24)11-17(16)25/h4-7,10-11,21H,3,8-9,12-13H2,1-2H3,(H,26,32). The summed E-state index contributed by atoms with van der Waals surface area (Å²) in [5.41, 5.74) is 1.71. The second kappa shape index (κ2) is 9.49. The van der Waals surface area contributed by atoms with Gasteiger partial charge in [-0.15, -0.1) is 0 Å². The summed E-state index contributed by atoms with van der Waals surface area (Å²) in [6.07, 6.45) is 1.72. The first-order valence-electron chi connectivity index (χ1n) is 10.6. The summed E-state index contributed by atoms with van der Waals surface area (Å²) < 4.78 is 5.29. The van der Waals surface area contributed by atoms with Gasteiger partial charge in [0.1, 0.15) is 5.76 Å². The number of furan rings is 1. The molecule has 0 aliphatic carbocycles. The van der Waals surface area contributed by atoms with Crippen LogP contribution in [0.15, 0.2) is 52.3 Å². The predicted molar refractivity (Wildman–Crippen MR) is 124 cm³/mol. The van der Waals surface area contributed by atoms with E-state index in [0.717, 1.165) is 0 Å². The number of hydrogen-bond acceptors (Lipinski definition) is 4. The van der Waals surface area contributed by atoms with Crippen LogP contribution in [-0.4, -0.2) is 59.2 Å².